The fourth-order valence-electron chi connectivity index (χ4n) is 1.95. The van der Waals surface area contributed by atoms with Crippen LogP contribution < -0.4 is 10.6 Å². The zero-order valence-corrected chi connectivity index (χ0v) is 12.9. The Balaban J connectivity index is 2.21. The Morgan fingerprint density at radius 3 is 2.95 bits per heavy atom. The highest BCUT2D eigenvalue weighted by atomic mass is 32.2. The second-order valence-corrected chi connectivity index (χ2v) is 5.81. The van der Waals surface area contributed by atoms with Crippen LogP contribution in [-0.2, 0) is 0 Å². The van der Waals surface area contributed by atoms with Crippen LogP contribution in [0, 0.1) is 0 Å². The topological polar surface area (TPSA) is 74.5 Å². The molecule has 0 aliphatic rings. The molecule has 0 radical (unpaired) electrons. The van der Waals surface area contributed by atoms with Gasteiger partial charge in [-0.15, -0.1) is 0 Å². The number of hydrogen-bond donors (Lipinski definition) is 3. The van der Waals surface area contributed by atoms with E-state index in [1.165, 1.54) is 0 Å². The van der Waals surface area contributed by atoms with Crippen LogP contribution in [0.25, 0.3) is 5.65 Å². The third-order valence-corrected chi connectivity index (χ3v) is 3.73. The minimum absolute atomic E-state index is 0.430. The maximum atomic E-state index is 10.2. The van der Waals surface area contributed by atoms with Crippen molar-refractivity contribution >= 4 is 29.0 Å². The average Bonchev–Trinajstić information content (AvgIpc) is 2.84. The van der Waals surface area contributed by atoms with Gasteiger partial charge >= 0.3 is 0 Å². The Bertz CT molecular complexity index is 569. The normalized spacial score (nSPS) is 14.2. The molecule has 0 aliphatic heterocycles. The molecular formula is C13H21N5OS. The number of rotatable bonds is 7. The van der Waals surface area contributed by atoms with Crippen LogP contribution in [0.4, 0.5) is 11.6 Å². The molecule has 0 saturated carbocycles. The summed E-state index contributed by atoms with van der Waals surface area (Å²) in [6.07, 6.45) is 7.49. The molecule has 0 fully saturated rings. The number of fused-ring (bicyclic) bond motifs is 1. The van der Waals surface area contributed by atoms with Gasteiger partial charge in [-0.25, -0.2) is 9.97 Å². The maximum Gasteiger partial charge on any atom is 0.180 e. The van der Waals surface area contributed by atoms with Gasteiger partial charge in [0.15, 0.2) is 11.5 Å². The van der Waals surface area contributed by atoms with E-state index in [1.807, 2.05) is 36.9 Å². The van der Waals surface area contributed by atoms with E-state index in [4.69, 9.17) is 0 Å². The summed E-state index contributed by atoms with van der Waals surface area (Å²) in [6.45, 7) is 5.07. The van der Waals surface area contributed by atoms with Gasteiger partial charge in [0.1, 0.15) is 5.82 Å². The van der Waals surface area contributed by atoms with Gasteiger partial charge in [-0.2, -0.15) is 11.8 Å². The third-order valence-electron chi connectivity index (χ3n) is 2.82. The highest BCUT2D eigenvalue weighted by Crippen LogP contribution is 2.18. The molecule has 0 spiro atoms. The van der Waals surface area contributed by atoms with Crippen LogP contribution in [0.1, 0.15) is 13.8 Å². The molecule has 2 aromatic rings. The number of anilines is 2. The van der Waals surface area contributed by atoms with E-state index < -0.39 is 5.60 Å². The van der Waals surface area contributed by atoms with Gasteiger partial charge < -0.3 is 20.1 Å². The maximum absolute atomic E-state index is 10.2. The lowest BCUT2D eigenvalue weighted by Gasteiger charge is -2.23. The Morgan fingerprint density at radius 2 is 2.25 bits per heavy atom. The van der Waals surface area contributed by atoms with Gasteiger partial charge in [0.2, 0.25) is 0 Å². The van der Waals surface area contributed by atoms with Gasteiger partial charge in [0, 0.05) is 31.2 Å². The van der Waals surface area contributed by atoms with E-state index in [0.717, 1.165) is 18.0 Å². The van der Waals surface area contributed by atoms with Gasteiger partial charge in [-0.05, 0) is 20.1 Å². The molecule has 2 aromatic heterocycles. The highest BCUT2D eigenvalue weighted by molar-refractivity contribution is 7.98. The summed E-state index contributed by atoms with van der Waals surface area (Å²) in [7, 11) is 0. The number of aliphatic hydroxyl groups is 1. The molecule has 0 aromatic carbocycles. The molecule has 1 atom stereocenters. The van der Waals surface area contributed by atoms with Crippen LogP contribution in [0.5, 0.6) is 0 Å². The summed E-state index contributed by atoms with van der Waals surface area (Å²) >= 11 is 1.62. The van der Waals surface area contributed by atoms with Crippen molar-refractivity contribution in [2.45, 2.75) is 19.4 Å². The lowest BCUT2D eigenvalue weighted by atomic mass is 10.1. The molecule has 0 saturated heterocycles. The standard InChI is InChI=1S/C13H21N5OS/c1-4-14-10-7-18-6-5-15-12(18)11(17-10)16-8-13(2,19)9-20-3/h5-7,14,19H,4,8-9H2,1-3H3,(H,16,17). The van der Waals surface area contributed by atoms with Crippen LogP contribution in [0.3, 0.4) is 0 Å². The van der Waals surface area contributed by atoms with E-state index in [0.29, 0.717) is 18.1 Å². The second kappa shape index (κ2) is 6.32. The number of imidazole rings is 1. The van der Waals surface area contributed by atoms with E-state index in [2.05, 4.69) is 20.6 Å². The lowest BCUT2D eigenvalue weighted by Crippen LogP contribution is -2.36. The van der Waals surface area contributed by atoms with Crippen molar-refractivity contribution in [3.05, 3.63) is 18.6 Å². The lowest BCUT2D eigenvalue weighted by molar-refractivity contribution is 0.0996. The number of nitrogens with one attached hydrogen (secondary N) is 2. The van der Waals surface area contributed by atoms with Gasteiger partial charge in [0.05, 0.1) is 11.8 Å². The molecule has 1 unspecified atom stereocenters. The average molecular weight is 295 g/mol. The van der Waals surface area contributed by atoms with Crippen molar-refractivity contribution < 1.29 is 5.11 Å². The monoisotopic (exact) mass is 295 g/mol. The molecule has 7 heteroatoms. The minimum Gasteiger partial charge on any atom is -0.387 e. The summed E-state index contributed by atoms with van der Waals surface area (Å²) < 4.78 is 1.91. The first-order valence-electron chi connectivity index (χ1n) is 6.58. The fraction of sp³-hybridized carbons (Fsp3) is 0.538. The number of hydrogen-bond acceptors (Lipinski definition) is 6. The van der Waals surface area contributed by atoms with Crippen molar-refractivity contribution in [3.8, 4) is 0 Å². The summed E-state index contributed by atoms with van der Waals surface area (Å²) in [5, 5.41) is 16.6. The Hall–Kier alpha value is -1.47. The van der Waals surface area contributed by atoms with Crippen LogP contribution >= 0.6 is 11.8 Å². The van der Waals surface area contributed by atoms with Crippen molar-refractivity contribution in [1.29, 1.82) is 0 Å². The van der Waals surface area contributed by atoms with Crippen molar-refractivity contribution in [1.82, 2.24) is 14.4 Å². The zero-order valence-electron chi connectivity index (χ0n) is 12.1. The molecule has 0 bridgehead atoms. The second-order valence-electron chi connectivity index (χ2n) is 4.95. The van der Waals surface area contributed by atoms with E-state index >= 15 is 0 Å². The molecule has 3 N–H and O–H groups in total. The predicted octanol–water partition coefficient (Wildman–Crippen LogP) is 1.69. The summed E-state index contributed by atoms with van der Waals surface area (Å²) in [5.41, 5.74) is -0.0228. The first kappa shape index (κ1) is 14.9. The summed E-state index contributed by atoms with van der Waals surface area (Å²) in [5.74, 6) is 2.12. The molecule has 0 amide bonds. The van der Waals surface area contributed by atoms with E-state index in [9.17, 15) is 5.11 Å². The first-order chi connectivity index (χ1) is 9.55. The predicted molar refractivity (Wildman–Crippen MR) is 84.6 cm³/mol. The molecule has 110 valence electrons. The Kier molecular flexibility index (Phi) is 4.72. The first-order valence-corrected chi connectivity index (χ1v) is 7.98. The molecule has 6 nitrogen and oxygen atoms in total. The van der Waals surface area contributed by atoms with Crippen LogP contribution in [0.15, 0.2) is 18.6 Å². The smallest absolute Gasteiger partial charge is 0.180 e. The van der Waals surface area contributed by atoms with Crippen molar-refractivity contribution in [3.63, 3.8) is 0 Å². The van der Waals surface area contributed by atoms with Gasteiger partial charge in [0.25, 0.3) is 0 Å². The van der Waals surface area contributed by atoms with Crippen LogP contribution in [0.2, 0.25) is 0 Å². The summed E-state index contributed by atoms with van der Waals surface area (Å²) in [4.78, 5) is 8.79. The largest absolute Gasteiger partial charge is 0.387 e. The zero-order chi connectivity index (χ0) is 14.6. The number of aromatic nitrogens is 3. The highest BCUT2D eigenvalue weighted by Gasteiger charge is 2.20. The van der Waals surface area contributed by atoms with E-state index in [1.54, 1.807) is 18.0 Å². The number of thioether (sulfide) groups is 1. The SMILES string of the molecule is CCNc1cn2ccnc2c(NCC(C)(O)CSC)n1. The summed E-state index contributed by atoms with van der Waals surface area (Å²) in [6, 6.07) is 0. The third kappa shape index (κ3) is 3.55. The fourth-order valence-corrected chi connectivity index (χ4v) is 2.68. The van der Waals surface area contributed by atoms with Gasteiger partial charge in [-0.1, -0.05) is 0 Å². The Labute approximate surface area is 123 Å². The molecular weight excluding hydrogens is 274 g/mol. The molecule has 20 heavy (non-hydrogen) atoms. The van der Waals surface area contributed by atoms with Crippen LogP contribution in [-0.4, -0.2) is 50.2 Å². The molecule has 2 rings (SSSR count). The molecule has 0 aliphatic carbocycles. The quantitative estimate of drug-likeness (QED) is 0.722. The minimum atomic E-state index is -0.779. The van der Waals surface area contributed by atoms with Gasteiger partial charge in [-0.3, -0.25) is 0 Å². The Morgan fingerprint density at radius 1 is 1.45 bits per heavy atom. The molecule has 2 heterocycles. The number of nitrogens with zero attached hydrogens (tertiary/aromatic N) is 3. The van der Waals surface area contributed by atoms with Crippen molar-refractivity contribution in [2.75, 3.05) is 35.7 Å². The van der Waals surface area contributed by atoms with Crippen molar-refractivity contribution in [2.24, 2.45) is 0 Å². The van der Waals surface area contributed by atoms with E-state index in [-0.39, 0.29) is 0 Å².